The van der Waals surface area contributed by atoms with Crippen molar-refractivity contribution in [2.24, 2.45) is 5.92 Å². The third kappa shape index (κ3) is 3.44. The number of hydrogen-bond acceptors (Lipinski definition) is 2. The summed E-state index contributed by atoms with van der Waals surface area (Å²) >= 11 is 0. The average molecular weight is 195 g/mol. The minimum atomic E-state index is 0.762. The summed E-state index contributed by atoms with van der Waals surface area (Å²) in [5, 5.41) is 3.32. The molecule has 1 saturated heterocycles. The van der Waals surface area contributed by atoms with E-state index in [9.17, 15) is 0 Å². The van der Waals surface area contributed by atoms with Gasteiger partial charge in [0, 0.05) is 6.54 Å². The van der Waals surface area contributed by atoms with Crippen molar-refractivity contribution in [2.75, 3.05) is 13.2 Å². The Balaban J connectivity index is 2.47. The van der Waals surface area contributed by atoms with Gasteiger partial charge in [0.15, 0.2) is 0 Å². The largest absolute Gasteiger partial charge is 0.490 e. The molecule has 1 heterocycles. The second kappa shape index (κ2) is 5.74. The monoisotopic (exact) mass is 195 g/mol. The van der Waals surface area contributed by atoms with Crippen molar-refractivity contribution in [2.45, 2.75) is 33.6 Å². The van der Waals surface area contributed by atoms with Crippen LogP contribution in [-0.4, -0.2) is 13.2 Å². The predicted molar refractivity (Wildman–Crippen MR) is 59.9 cm³/mol. The van der Waals surface area contributed by atoms with Crippen LogP contribution in [-0.2, 0) is 4.74 Å². The molecule has 0 unspecified atom stereocenters. The molecule has 0 radical (unpaired) electrons. The van der Waals surface area contributed by atoms with E-state index in [0.717, 1.165) is 36.9 Å². The molecule has 0 aromatic carbocycles. The van der Waals surface area contributed by atoms with Crippen LogP contribution in [0.1, 0.15) is 33.6 Å². The average Bonchev–Trinajstić information content (AvgIpc) is 2.18. The molecule has 0 atom stereocenters. The summed E-state index contributed by atoms with van der Waals surface area (Å²) in [6, 6.07) is 0. The van der Waals surface area contributed by atoms with Crippen molar-refractivity contribution in [3.63, 3.8) is 0 Å². The van der Waals surface area contributed by atoms with E-state index in [-0.39, 0.29) is 0 Å². The van der Waals surface area contributed by atoms with E-state index in [2.05, 4.69) is 31.3 Å². The molecule has 0 saturated carbocycles. The molecule has 0 bridgehead atoms. The zero-order chi connectivity index (χ0) is 10.4. The fraction of sp³-hybridized carbons (Fsp3) is 0.667. The Bertz CT molecular complexity index is 228. The second-order valence-corrected chi connectivity index (χ2v) is 4.02. The maximum atomic E-state index is 5.59. The van der Waals surface area contributed by atoms with E-state index in [1.54, 1.807) is 0 Å². The molecule has 0 aromatic heterocycles. The van der Waals surface area contributed by atoms with Crippen LogP contribution in [0.5, 0.6) is 0 Å². The zero-order valence-electron chi connectivity index (χ0n) is 9.47. The highest BCUT2D eigenvalue weighted by Crippen LogP contribution is 2.15. The van der Waals surface area contributed by atoms with Crippen molar-refractivity contribution in [3.05, 3.63) is 23.6 Å². The van der Waals surface area contributed by atoms with Gasteiger partial charge in [0.2, 0.25) is 0 Å². The SMILES string of the molecule is C/C=C1/NCCO/C1=C/CCC(C)C. The van der Waals surface area contributed by atoms with Gasteiger partial charge >= 0.3 is 0 Å². The Labute approximate surface area is 87.0 Å². The molecule has 0 spiro atoms. The molecule has 1 aliphatic heterocycles. The van der Waals surface area contributed by atoms with Gasteiger partial charge in [0.25, 0.3) is 0 Å². The third-order valence-electron chi connectivity index (χ3n) is 2.30. The topological polar surface area (TPSA) is 21.3 Å². The summed E-state index contributed by atoms with van der Waals surface area (Å²) in [6.45, 7) is 8.23. The highest BCUT2D eigenvalue weighted by molar-refractivity contribution is 5.25. The van der Waals surface area contributed by atoms with Crippen LogP contribution >= 0.6 is 0 Å². The molecule has 1 aliphatic rings. The van der Waals surface area contributed by atoms with E-state index >= 15 is 0 Å². The molecule has 0 amide bonds. The number of nitrogens with one attached hydrogen (secondary N) is 1. The number of morpholine rings is 1. The predicted octanol–water partition coefficient (Wildman–Crippen LogP) is 2.83. The number of rotatable bonds is 3. The highest BCUT2D eigenvalue weighted by Gasteiger charge is 2.10. The summed E-state index contributed by atoms with van der Waals surface area (Å²) in [7, 11) is 0. The van der Waals surface area contributed by atoms with Gasteiger partial charge in [-0.15, -0.1) is 0 Å². The van der Waals surface area contributed by atoms with E-state index in [0.29, 0.717) is 0 Å². The van der Waals surface area contributed by atoms with E-state index < -0.39 is 0 Å². The molecular weight excluding hydrogens is 174 g/mol. The summed E-state index contributed by atoms with van der Waals surface area (Å²) in [5.41, 5.74) is 1.14. The maximum absolute atomic E-state index is 5.59. The van der Waals surface area contributed by atoms with Crippen molar-refractivity contribution in [3.8, 4) is 0 Å². The quantitative estimate of drug-likeness (QED) is 0.747. The number of ether oxygens (including phenoxy) is 1. The fourth-order valence-electron chi connectivity index (χ4n) is 1.47. The van der Waals surface area contributed by atoms with Crippen LogP contribution in [0.15, 0.2) is 23.6 Å². The third-order valence-corrected chi connectivity index (χ3v) is 2.30. The van der Waals surface area contributed by atoms with Gasteiger partial charge in [-0.3, -0.25) is 0 Å². The molecular formula is C12H21NO. The van der Waals surface area contributed by atoms with Gasteiger partial charge in [0.1, 0.15) is 12.4 Å². The molecule has 1 N–H and O–H groups in total. The molecule has 0 aromatic rings. The molecule has 2 heteroatoms. The van der Waals surface area contributed by atoms with E-state index in [1.807, 2.05) is 6.92 Å². The van der Waals surface area contributed by atoms with Gasteiger partial charge in [-0.05, 0) is 31.8 Å². The van der Waals surface area contributed by atoms with Crippen molar-refractivity contribution in [1.82, 2.24) is 5.32 Å². The summed E-state index contributed by atoms with van der Waals surface area (Å²) < 4.78 is 5.59. The fourth-order valence-corrected chi connectivity index (χ4v) is 1.47. The van der Waals surface area contributed by atoms with Crippen LogP contribution in [0.25, 0.3) is 0 Å². The minimum Gasteiger partial charge on any atom is -0.490 e. The first-order valence-corrected chi connectivity index (χ1v) is 5.47. The molecule has 14 heavy (non-hydrogen) atoms. The summed E-state index contributed by atoms with van der Waals surface area (Å²) in [6.07, 6.45) is 6.59. The van der Waals surface area contributed by atoms with Crippen molar-refractivity contribution < 1.29 is 4.74 Å². The van der Waals surface area contributed by atoms with E-state index in [1.165, 1.54) is 6.42 Å². The van der Waals surface area contributed by atoms with Crippen LogP contribution in [0.4, 0.5) is 0 Å². The lowest BCUT2D eigenvalue weighted by Crippen LogP contribution is -2.27. The van der Waals surface area contributed by atoms with Gasteiger partial charge in [-0.25, -0.2) is 0 Å². The molecule has 80 valence electrons. The summed E-state index contributed by atoms with van der Waals surface area (Å²) in [4.78, 5) is 0. The summed E-state index contributed by atoms with van der Waals surface area (Å²) in [5.74, 6) is 1.79. The molecule has 2 nitrogen and oxygen atoms in total. The Morgan fingerprint density at radius 2 is 2.29 bits per heavy atom. The van der Waals surface area contributed by atoms with Gasteiger partial charge in [-0.2, -0.15) is 0 Å². The van der Waals surface area contributed by atoms with Crippen LogP contribution in [0.3, 0.4) is 0 Å². The number of allylic oxidation sites excluding steroid dienone is 2. The Morgan fingerprint density at radius 3 is 2.93 bits per heavy atom. The normalized spacial score (nSPS) is 22.6. The van der Waals surface area contributed by atoms with Gasteiger partial charge < -0.3 is 10.1 Å². The maximum Gasteiger partial charge on any atom is 0.138 e. The Hall–Kier alpha value is -0.920. The van der Waals surface area contributed by atoms with Crippen LogP contribution in [0, 0.1) is 5.92 Å². The van der Waals surface area contributed by atoms with Crippen molar-refractivity contribution >= 4 is 0 Å². The Kier molecular flexibility index (Phi) is 4.57. The second-order valence-electron chi connectivity index (χ2n) is 4.02. The lowest BCUT2D eigenvalue weighted by Gasteiger charge is -2.21. The van der Waals surface area contributed by atoms with Crippen molar-refractivity contribution in [1.29, 1.82) is 0 Å². The molecule has 0 aliphatic carbocycles. The first kappa shape index (κ1) is 11.2. The number of hydrogen-bond donors (Lipinski definition) is 1. The van der Waals surface area contributed by atoms with Crippen LogP contribution < -0.4 is 5.32 Å². The zero-order valence-corrected chi connectivity index (χ0v) is 9.47. The van der Waals surface area contributed by atoms with Crippen LogP contribution in [0.2, 0.25) is 0 Å². The molecule has 1 rings (SSSR count). The van der Waals surface area contributed by atoms with Gasteiger partial charge in [0.05, 0.1) is 5.70 Å². The lowest BCUT2D eigenvalue weighted by molar-refractivity contribution is 0.195. The minimum absolute atomic E-state index is 0.762. The standard InChI is InChI=1S/C12H21NO/c1-4-11-12(14-9-8-13-11)7-5-6-10(2)3/h4,7,10,13H,5-6,8-9H2,1-3H3/b11-4+,12-7+. The van der Waals surface area contributed by atoms with Gasteiger partial charge in [-0.1, -0.05) is 19.9 Å². The first-order valence-electron chi connectivity index (χ1n) is 5.47. The molecule has 1 fully saturated rings. The Morgan fingerprint density at radius 1 is 1.50 bits per heavy atom. The smallest absolute Gasteiger partial charge is 0.138 e. The first-order chi connectivity index (χ1) is 6.74. The van der Waals surface area contributed by atoms with E-state index in [4.69, 9.17) is 4.74 Å². The highest BCUT2D eigenvalue weighted by atomic mass is 16.5. The lowest BCUT2D eigenvalue weighted by atomic mass is 10.1.